The van der Waals surface area contributed by atoms with Crippen LogP contribution in [0.1, 0.15) is 38.3 Å². The highest BCUT2D eigenvalue weighted by molar-refractivity contribution is 7.93. The van der Waals surface area contributed by atoms with Crippen molar-refractivity contribution in [2.75, 3.05) is 25.5 Å². The lowest BCUT2D eigenvalue weighted by Gasteiger charge is -2.20. The average Bonchev–Trinajstić information content (AvgIpc) is 3.22. The van der Waals surface area contributed by atoms with Gasteiger partial charge in [0.05, 0.1) is 24.5 Å². The van der Waals surface area contributed by atoms with E-state index in [0.717, 1.165) is 0 Å². The van der Waals surface area contributed by atoms with Crippen LogP contribution in [0.4, 0.5) is 5.95 Å². The topological polar surface area (TPSA) is 156 Å². The van der Waals surface area contributed by atoms with E-state index in [1.165, 1.54) is 37.5 Å². The molecule has 0 aliphatic heterocycles. The van der Waals surface area contributed by atoms with Crippen molar-refractivity contribution in [3.05, 3.63) is 35.4 Å². The van der Waals surface area contributed by atoms with E-state index in [2.05, 4.69) is 34.9 Å². The molecule has 0 amide bonds. The van der Waals surface area contributed by atoms with Crippen molar-refractivity contribution >= 4 is 27.6 Å². The van der Waals surface area contributed by atoms with Crippen molar-refractivity contribution in [2.24, 2.45) is 0 Å². The Morgan fingerprint density at radius 2 is 1.68 bits per heavy atom. The summed E-state index contributed by atoms with van der Waals surface area (Å²) in [4.78, 5) is 16.5. The summed E-state index contributed by atoms with van der Waals surface area (Å²) in [6.07, 6.45) is 4.09. The van der Waals surface area contributed by atoms with Crippen LogP contribution in [0.3, 0.4) is 0 Å². The van der Waals surface area contributed by atoms with Crippen molar-refractivity contribution in [3.63, 3.8) is 0 Å². The molecule has 0 saturated heterocycles. The Labute approximate surface area is 201 Å². The number of hydrogen-bond acceptors (Lipinski definition) is 11. The quantitative estimate of drug-likeness (QED) is 0.400. The van der Waals surface area contributed by atoms with Gasteiger partial charge in [-0.3, -0.25) is 9.29 Å². The number of hydrogen-bond donors (Lipinski definition) is 1. The van der Waals surface area contributed by atoms with E-state index in [1.807, 2.05) is 6.92 Å². The van der Waals surface area contributed by atoms with Crippen molar-refractivity contribution < 1.29 is 22.6 Å². The zero-order chi connectivity index (χ0) is 24.9. The third-order valence-corrected chi connectivity index (χ3v) is 7.05. The predicted molar refractivity (Wildman–Crippen MR) is 123 cm³/mol. The number of methoxy groups -OCH3 is 2. The molecule has 0 spiro atoms. The van der Waals surface area contributed by atoms with Crippen LogP contribution in [-0.4, -0.2) is 69.2 Å². The number of nitrogens with zero attached hydrogens (tertiary/aromatic N) is 7. The normalized spacial score (nSPS) is 13.4. The minimum Gasteiger partial charge on any atom is -0.479 e. The van der Waals surface area contributed by atoms with Crippen LogP contribution in [0.25, 0.3) is 5.69 Å². The summed E-state index contributed by atoms with van der Waals surface area (Å²) in [5.41, 5.74) is 0.214. The third kappa shape index (κ3) is 5.34. The lowest BCUT2D eigenvalue weighted by atomic mass is 10.1. The molecular weight excluding hydrogens is 488 g/mol. The zero-order valence-electron chi connectivity index (χ0n) is 19.3. The number of sulfonamides is 1. The van der Waals surface area contributed by atoms with E-state index in [0.29, 0.717) is 17.5 Å². The molecular formula is C19H25ClN8O5S. The van der Waals surface area contributed by atoms with Crippen LogP contribution in [0.15, 0.2) is 18.7 Å². The van der Waals surface area contributed by atoms with E-state index < -0.39 is 21.2 Å². The van der Waals surface area contributed by atoms with Crippen LogP contribution < -0.4 is 14.2 Å². The zero-order valence-corrected chi connectivity index (χ0v) is 20.8. The SMILES string of the molecule is CCOCc1nnc(NS(=O)(=O)C(C)C(C)c2ncc(Cl)cn2)n1-c1c(OC)ncnc1OC. The van der Waals surface area contributed by atoms with E-state index in [4.69, 9.17) is 25.8 Å². The van der Waals surface area contributed by atoms with Gasteiger partial charge in [0.15, 0.2) is 11.5 Å². The summed E-state index contributed by atoms with van der Waals surface area (Å²) in [6, 6.07) is 0. The fourth-order valence-corrected chi connectivity index (χ4v) is 4.33. The second kappa shape index (κ2) is 10.9. The van der Waals surface area contributed by atoms with Crippen molar-refractivity contribution in [1.82, 2.24) is 34.7 Å². The Bertz CT molecular complexity index is 1200. The van der Waals surface area contributed by atoms with Crippen molar-refractivity contribution in [1.29, 1.82) is 0 Å². The Balaban J connectivity index is 2.04. The highest BCUT2D eigenvalue weighted by atomic mass is 35.5. The molecule has 0 bridgehead atoms. The highest BCUT2D eigenvalue weighted by Gasteiger charge is 2.32. The molecule has 2 unspecified atom stereocenters. The second-order valence-corrected chi connectivity index (χ2v) is 9.53. The fourth-order valence-electron chi connectivity index (χ4n) is 3.00. The van der Waals surface area contributed by atoms with Gasteiger partial charge in [-0.25, -0.2) is 18.4 Å². The second-order valence-electron chi connectivity index (χ2n) is 7.05. The maximum absolute atomic E-state index is 13.3. The molecule has 3 rings (SSSR count). The standard InChI is InChI=1S/C19H25ClN8O5S/c1-6-33-9-14-25-26-19(28(14)15-17(31-4)23-10-24-18(15)32-5)27-34(29,30)12(3)11(2)16-21-7-13(20)8-22-16/h7-8,10-12H,6,9H2,1-5H3,(H,26,27). The summed E-state index contributed by atoms with van der Waals surface area (Å²) >= 11 is 5.84. The first-order valence-electron chi connectivity index (χ1n) is 10.2. The van der Waals surface area contributed by atoms with Crippen LogP contribution in [0, 0.1) is 0 Å². The molecule has 3 aromatic heterocycles. The molecule has 0 radical (unpaired) electrons. The minimum absolute atomic E-state index is 0.0387. The maximum atomic E-state index is 13.3. The summed E-state index contributed by atoms with van der Waals surface area (Å²) in [6.45, 7) is 5.51. The first kappa shape index (κ1) is 25.5. The van der Waals surface area contributed by atoms with Gasteiger partial charge < -0.3 is 14.2 Å². The van der Waals surface area contributed by atoms with Gasteiger partial charge in [0.1, 0.15) is 18.8 Å². The molecule has 3 aromatic rings. The molecule has 0 aliphatic carbocycles. The molecule has 0 fully saturated rings. The molecule has 34 heavy (non-hydrogen) atoms. The van der Waals surface area contributed by atoms with E-state index in [-0.39, 0.29) is 35.8 Å². The number of anilines is 1. The van der Waals surface area contributed by atoms with E-state index >= 15 is 0 Å². The number of ether oxygens (including phenoxy) is 3. The Morgan fingerprint density at radius 3 is 2.24 bits per heavy atom. The molecule has 1 N–H and O–H groups in total. The summed E-state index contributed by atoms with van der Waals surface area (Å²) < 4.78 is 46.7. The van der Waals surface area contributed by atoms with Gasteiger partial charge in [-0.1, -0.05) is 18.5 Å². The fraction of sp³-hybridized carbons (Fsp3) is 0.474. The first-order valence-corrected chi connectivity index (χ1v) is 12.1. The molecule has 0 saturated carbocycles. The summed E-state index contributed by atoms with van der Waals surface area (Å²) in [5.74, 6) is 0.199. The number of rotatable bonds is 11. The molecule has 3 heterocycles. The largest absolute Gasteiger partial charge is 0.479 e. The van der Waals surface area contributed by atoms with Gasteiger partial charge in [0.2, 0.25) is 27.7 Å². The van der Waals surface area contributed by atoms with Gasteiger partial charge in [-0.05, 0) is 13.8 Å². The van der Waals surface area contributed by atoms with Gasteiger partial charge in [0.25, 0.3) is 0 Å². The van der Waals surface area contributed by atoms with Crippen LogP contribution in [0.5, 0.6) is 11.8 Å². The van der Waals surface area contributed by atoms with Crippen molar-refractivity contribution in [2.45, 2.75) is 38.5 Å². The van der Waals surface area contributed by atoms with E-state index in [1.54, 1.807) is 13.8 Å². The lowest BCUT2D eigenvalue weighted by molar-refractivity contribution is 0.127. The van der Waals surface area contributed by atoms with Crippen molar-refractivity contribution in [3.8, 4) is 17.4 Å². The van der Waals surface area contributed by atoms with Crippen LogP contribution in [-0.2, 0) is 21.4 Å². The molecule has 184 valence electrons. The number of aromatic nitrogens is 7. The molecule has 15 heteroatoms. The highest BCUT2D eigenvalue weighted by Crippen LogP contribution is 2.33. The monoisotopic (exact) mass is 512 g/mol. The molecule has 2 atom stereocenters. The van der Waals surface area contributed by atoms with Gasteiger partial charge in [-0.2, -0.15) is 9.97 Å². The smallest absolute Gasteiger partial charge is 0.245 e. The lowest BCUT2D eigenvalue weighted by Crippen LogP contribution is -2.31. The molecule has 0 aromatic carbocycles. The number of halogens is 1. The van der Waals surface area contributed by atoms with Crippen LogP contribution in [0.2, 0.25) is 5.02 Å². The Morgan fingerprint density at radius 1 is 1.06 bits per heavy atom. The molecule has 0 aliphatic rings. The van der Waals surface area contributed by atoms with Gasteiger partial charge in [0, 0.05) is 24.9 Å². The third-order valence-electron chi connectivity index (χ3n) is 5.01. The maximum Gasteiger partial charge on any atom is 0.245 e. The Kier molecular flexibility index (Phi) is 8.17. The van der Waals surface area contributed by atoms with E-state index in [9.17, 15) is 8.42 Å². The molecule has 13 nitrogen and oxygen atoms in total. The Hall–Kier alpha value is -3.10. The predicted octanol–water partition coefficient (Wildman–Crippen LogP) is 1.99. The average molecular weight is 513 g/mol. The summed E-state index contributed by atoms with van der Waals surface area (Å²) in [5, 5.41) is 7.54. The van der Waals surface area contributed by atoms with Gasteiger partial charge >= 0.3 is 0 Å². The van der Waals surface area contributed by atoms with Gasteiger partial charge in [-0.15, -0.1) is 10.2 Å². The van der Waals surface area contributed by atoms with Crippen LogP contribution >= 0.6 is 11.6 Å². The number of nitrogens with one attached hydrogen (secondary N) is 1. The minimum atomic E-state index is -4.00. The first-order chi connectivity index (χ1) is 16.2. The summed E-state index contributed by atoms with van der Waals surface area (Å²) in [7, 11) is -1.17.